The molecule has 1 heteroatoms. The van der Waals surface area contributed by atoms with Gasteiger partial charge in [0.1, 0.15) is 0 Å². The molecule has 1 aromatic carbocycles. The number of pyridine rings is 1. The Labute approximate surface area is 187 Å². The van der Waals surface area contributed by atoms with Crippen molar-refractivity contribution in [2.45, 2.75) is 87.5 Å². The molecule has 0 unspecified atom stereocenters. The highest BCUT2D eigenvalue weighted by atomic mass is 14.7. The van der Waals surface area contributed by atoms with E-state index in [1.807, 2.05) is 33.9 Å². The first kappa shape index (κ1) is 27.8. The molecule has 0 saturated heterocycles. The van der Waals surface area contributed by atoms with Crippen molar-refractivity contribution in [2.24, 2.45) is 5.92 Å². The van der Waals surface area contributed by atoms with Gasteiger partial charge in [0.05, 0.1) is 0 Å². The standard InChI is InChI=1S/C25H33N.2C2H6/c1-6-11-22(12-7-2)20(4)16-25-17-21(5)24(18-26-25)15-19(3)23-13-9-8-10-14-23;2*1-2/h8-10,13-15,17-18,22H,4,6-7,11-12,16H2,1-3,5H3;2*1-2H3/b19-15+;;. The topological polar surface area (TPSA) is 12.9 Å². The van der Waals surface area contributed by atoms with Crippen LogP contribution in [0.5, 0.6) is 0 Å². The van der Waals surface area contributed by atoms with E-state index < -0.39 is 0 Å². The lowest BCUT2D eigenvalue weighted by molar-refractivity contribution is 0.496. The molecule has 1 nitrogen and oxygen atoms in total. The van der Waals surface area contributed by atoms with E-state index in [9.17, 15) is 0 Å². The van der Waals surface area contributed by atoms with Crippen LogP contribution in [0.1, 0.15) is 96.5 Å². The first-order valence-corrected chi connectivity index (χ1v) is 11.9. The van der Waals surface area contributed by atoms with E-state index in [2.05, 4.69) is 76.7 Å². The van der Waals surface area contributed by atoms with Crippen LogP contribution in [-0.4, -0.2) is 4.98 Å². The zero-order chi connectivity index (χ0) is 22.9. The second kappa shape index (κ2) is 16.6. The Hall–Kier alpha value is -2.15. The van der Waals surface area contributed by atoms with Crippen LogP contribution in [0.2, 0.25) is 0 Å². The maximum Gasteiger partial charge on any atom is 0.0447 e. The summed E-state index contributed by atoms with van der Waals surface area (Å²) in [4.78, 5) is 4.72. The molecular formula is C29H45N. The lowest BCUT2D eigenvalue weighted by atomic mass is 9.88. The van der Waals surface area contributed by atoms with Gasteiger partial charge in [-0.15, -0.1) is 0 Å². The molecule has 0 spiro atoms. The summed E-state index contributed by atoms with van der Waals surface area (Å²) in [5, 5.41) is 0. The maximum absolute atomic E-state index is 4.72. The zero-order valence-electron chi connectivity index (χ0n) is 20.9. The van der Waals surface area contributed by atoms with Gasteiger partial charge in [-0.25, -0.2) is 0 Å². The van der Waals surface area contributed by atoms with Gasteiger partial charge in [-0.3, -0.25) is 4.98 Å². The molecule has 0 aliphatic heterocycles. The molecule has 0 aliphatic carbocycles. The van der Waals surface area contributed by atoms with Gasteiger partial charge in [-0.1, -0.05) is 96.9 Å². The Kier molecular flexibility index (Phi) is 15.4. The van der Waals surface area contributed by atoms with Gasteiger partial charge in [-0.05, 0) is 67.0 Å². The second-order valence-electron chi connectivity index (χ2n) is 7.33. The normalized spacial score (nSPS) is 10.6. The average molecular weight is 408 g/mol. The van der Waals surface area contributed by atoms with E-state index >= 15 is 0 Å². The summed E-state index contributed by atoms with van der Waals surface area (Å²) in [5.74, 6) is 0.631. The lowest BCUT2D eigenvalue weighted by Crippen LogP contribution is -2.07. The van der Waals surface area contributed by atoms with Gasteiger partial charge in [0.25, 0.3) is 0 Å². The van der Waals surface area contributed by atoms with Gasteiger partial charge in [0.15, 0.2) is 0 Å². The number of aryl methyl sites for hydroxylation is 1. The Balaban J connectivity index is 0.00000198. The first-order chi connectivity index (χ1) is 14.5. The largest absolute Gasteiger partial charge is 0.260 e. The van der Waals surface area contributed by atoms with E-state index in [1.165, 1.54) is 53.5 Å². The number of rotatable bonds is 9. The molecule has 1 heterocycles. The molecule has 0 bridgehead atoms. The summed E-state index contributed by atoms with van der Waals surface area (Å²) in [6, 6.07) is 12.7. The molecule has 166 valence electrons. The molecule has 0 saturated carbocycles. The van der Waals surface area contributed by atoms with E-state index in [-0.39, 0.29) is 0 Å². The van der Waals surface area contributed by atoms with Crippen LogP contribution in [0.4, 0.5) is 0 Å². The average Bonchev–Trinajstić information content (AvgIpc) is 2.78. The molecule has 0 amide bonds. The van der Waals surface area contributed by atoms with E-state index in [0.29, 0.717) is 5.92 Å². The molecular weight excluding hydrogens is 362 g/mol. The number of nitrogens with zero attached hydrogens (tertiary/aromatic N) is 1. The fraction of sp³-hybridized carbons (Fsp3) is 0.483. The van der Waals surface area contributed by atoms with Crippen LogP contribution in [0.25, 0.3) is 11.6 Å². The van der Waals surface area contributed by atoms with Crippen LogP contribution in [0, 0.1) is 12.8 Å². The van der Waals surface area contributed by atoms with Crippen molar-refractivity contribution in [2.75, 3.05) is 0 Å². The zero-order valence-corrected chi connectivity index (χ0v) is 20.9. The number of benzene rings is 1. The minimum absolute atomic E-state index is 0.631. The van der Waals surface area contributed by atoms with Crippen LogP contribution in [-0.2, 0) is 6.42 Å². The van der Waals surface area contributed by atoms with Crippen molar-refractivity contribution >= 4 is 11.6 Å². The third-order valence-electron chi connectivity index (χ3n) is 5.07. The quantitative estimate of drug-likeness (QED) is 0.377. The molecule has 2 rings (SSSR count). The van der Waals surface area contributed by atoms with Gasteiger partial charge in [0, 0.05) is 18.3 Å². The predicted octanol–water partition coefficient (Wildman–Crippen LogP) is 9.32. The van der Waals surface area contributed by atoms with E-state index in [4.69, 9.17) is 4.98 Å². The number of hydrogen-bond donors (Lipinski definition) is 0. The molecule has 0 N–H and O–H groups in total. The summed E-state index contributed by atoms with van der Waals surface area (Å²) < 4.78 is 0. The molecule has 0 radical (unpaired) electrons. The van der Waals surface area contributed by atoms with Gasteiger partial charge >= 0.3 is 0 Å². The van der Waals surface area contributed by atoms with Crippen LogP contribution >= 0.6 is 0 Å². The van der Waals surface area contributed by atoms with Crippen LogP contribution in [0.3, 0.4) is 0 Å². The Morgan fingerprint density at radius 1 is 1.00 bits per heavy atom. The molecule has 30 heavy (non-hydrogen) atoms. The second-order valence-corrected chi connectivity index (χ2v) is 7.33. The minimum Gasteiger partial charge on any atom is -0.260 e. The van der Waals surface area contributed by atoms with Crippen LogP contribution in [0.15, 0.2) is 54.7 Å². The highest BCUT2D eigenvalue weighted by Gasteiger charge is 2.12. The van der Waals surface area contributed by atoms with E-state index in [1.54, 1.807) is 0 Å². The van der Waals surface area contributed by atoms with Crippen molar-refractivity contribution in [1.82, 2.24) is 4.98 Å². The van der Waals surface area contributed by atoms with Crippen molar-refractivity contribution in [3.8, 4) is 0 Å². The highest BCUT2D eigenvalue weighted by molar-refractivity contribution is 5.80. The first-order valence-electron chi connectivity index (χ1n) is 11.9. The monoisotopic (exact) mass is 407 g/mol. The van der Waals surface area contributed by atoms with Crippen molar-refractivity contribution in [1.29, 1.82) is 0 Å². The number of allylic oxidation sites excluding steroid dienone is 2. The molecule has 2 aromatic rings. The summed E-state index contributed by atoms with van der Waals surface area (Å²) >= 11 is 0. The van der Waals surface area contributed by atoms with Gasteiger partial charge < -0.3 is 0 Å². The summed E-state index contributed by atoms with van der Waals surface area (Å²) in [6.45, 7) is 21.2. The van der Waals surface area contributed by atoms with Crippen LogP contribution < -0.4 is 0 Å². The predicted molar refractivity (Wildman–Crippen MR) is 138 cm³/mol. The number of aromatic nitrogens is 1. The lowest BCUT2D eigenvalue weighted by Gasteiger charge is -2.18. The minimum atomic E-state index is 0.631. The fourth-order valence-corrected chi connectivity index (χ4v) is 3.52. The van der Waals surface area contributed by atoms with Gasteiger partial charge in [0.2, 0.25) is 0 Å². The van der Waals surface area contributed by atoms with Crippen molar-refractivity contribution in [3.05, 3.63) is 77.1 Å². The third-order valence-corrected chi connectivity index (χ3v) is 5.07. The Bertz CT molecular complexity index is 734. The Morgan fingerprint density at radius 2 is 1.57 bits per heavy atom. The fourth-order valence-electron chi connectivity index (χ4n) is 3.52. The summed E-state index contributed by atoms with van der Waals surface area (Å²) in [7, 11) is 0. The molecule has 0 atom stereocenters. The van der Waals surface area contributed by atoms with Crippen molar-refractivity contribution in [3.63, 3.8) is 0 Å². The maximum atomic E-state index is 4.72. The highest BCUT2D eigenvalue weighted by Crippen LogP contribution is 2.25. The molecule has 0 fully saturated rings. The Morgan fingerprint density at radius 3 is 2.07 bits per heavy atom. The van der Waals surface area contributed by atoms with Crippen molar-refractivity contribution < 1.29 is 0 Å². The molecule has 1 aromatic heterocycles. The number of hydrogen-bond acceptors (Lipinski definition) is 1. The SMILES string of the molecule is C=C(Cc1cc(C)c(/C=C(\C)c2ccccc2)cn1)C(CCC)CCC.CC.CC. The third kappa shape index (κ3) is 9.57. The smallest absolute Gasteiger partial charge is 0.0447 e. The summed E-state index contributed by atoms with van der Waals surface area (Å²) in [5.41, 5.74) is 7.47. The van der Waals surface area contributed by atoms with Gasteiger partial charge in [-0.2, -0.15) is 0 Å². The molecule has 0 aliphatic rings. The summed E-state index contributed by atoms with van der Waals surface area (Å²) in [6.07, 6.45) is 10.1. The van der Waals surface area contributed by atoms with E-state index in [0.717, 1.165) is 12.1 Å².